The Morgan fingerprint density at radius 3 is 2.44 bits per heavy atom. The molecule has 1 aliphatic heterocycles. The smallest absolute Gasteiger partial charge is 0.326 e. The standard InChI is InChI=1S/C14H23NO3/c1-9-6-8-15(11(9)13(17)18)12(16)10-5-4-7-14(10,2)3/h9-11H,4-8H2,1-3H3,(H,17,18). The van der Waals surface area contributed by atoms with Crippen LogP contribution >= 0.6 is 0 Å². The van der Waals surface area contributed by atoms with E-state index in [1.807, 2.05) is 6.92 Å². The summed E-state index contributed by atoms with van der Waals surface area (Å²) in [5, 5.41) is 9.28. The minimum absolute atomic E-state index is 0.00431. The maximum atomic E-state index is 12.6. The van der Waals surface area contributed by atoms with E-state index in [1.165, 1.54) is 0 Å². The first-order chi connectivity index (χ1) is 8.34. The monoisotopic (exact) mass is 253 g/mol. The van der Waals surface area contributed by atoms with E-state index in [9.17, 15) is 14.7 Å². The summed E-state index contributed by atoms with van der Waals surface area (Å²) in [6, 6.07) is -0.617. The number of carboxylic acids is 1. The second kappa shape index (κ2) is 4.56. The average Bonchev–Trinajstić information content (AvgIpc) is 2.80. The van der Waals surface area contributed by atoms with Crippen LogP contribution in [0.3, 0.4) is 0 Å². The topological polar surface area (TPSA) is 57.6 Å². The van der Waals surface area contributed by atoms with Crippen LogP contribution < -0.4 is 0 Å². The minimum Gasteiger partial charge on any atom is -0.480 e. The van der Waals surface area contributed by atoms with Gasteiger partial charge in [-0.2, -0.15) is 0 Å². The summed E-state index contributed by atoms with van der Waals surface area (Å²) in [5.74, 6) is -0.723. The first-order valence-corrected chi connectivity index (χ1v) is 6.88. The van der Waals surface area contributed by atoms with Crippen LogP contribution in [0.4, 0.5) is 0 Å². The molecule has 0 aromatic rings. The Balaban J connectivity index is 2.16. The van der Waals surface area contributed by atoms with Crippen molar-refractivity contribution in [2.45, 2.75) is 52.5 Å². The molecule has 1 saturated heterocycles. The molecule has 18 heavy (non-hydrogen) atoms. The van der Waals surface area contributed by atoms with Crippen LogP contribution in [0.15, 0.2) is 0 Å². The molecule has 0 spiro atoms. The fourth-order valence-electron chi connectivity index (χ4n) is 3.56. The van der Waals surface area contributed by atoms with Crippen molar-refractivity contribution in [3.05, 3.63) is 0 Å². The van der Waals surface area contributed by atoms with E-state index >= 15 is 0 Å². The number of rotatable bonds is 2. The third kappa shape index (κ3) is 2.13. The van der Waals surface area contributed by atoms with Crippen LogP contribution in [-0.4, -0.2) is 34.5 Å². The van der Waals surface area contributed by atoms with Gasteiger partial charge in [-0.15, -0.1) is 0 Å². The van der Waals surface area contributed by atoms with Crippen molar-refractivity contribution in [2.24, 2.45) is 17.3 Å². The molecule has 1 heterocycles. The molecule has 0 aromatic heterocycles. The highest BCUT2D eigenvalue weighted by molar-refractivity contribution is 5.86. The lowest BCUT2D eigenvalue weighted by molar-refractivity contribution is -0.152. The molecule has 3 unspecified atom stereocenters. The largest absolute Gasteiger partial charge is 0.480 e. The molecule has 0 radical (unpaired) electrons. The lowest BCUT2D eigenvalue weighted by Gasteiger charge is -2.32. The highest BCUT2D eigenvalue weighted by atomic mass is 16.4. The first-order valence-electron chi connectivity index (χ1n) is 6.88. The van der Waals surface area contributed by atoms with Gasteiger partial charge in [0.05, 0.1) is 0 Å². The van der Waals surface area contributed by atoms with Gasteiger partial charge in [-0.25, -0.2) is 4.79 Å². The Hall–Kier alpha value is -1.06. The zero-order valence-electron chi connectivity index (χ0n) is 11.5. The van der Waals surface area contributed by atoms with E-state index in [1.54, 1.807) is 4.90 Å². The molecule has 1 N–H and O–H groups in total. The number of carbonyl (C=O) groups is 2. The summed E-state index contributed by atoms with van der Waals surface area (Å²) in [6.45, 7) is 6.77. The lowest BCUT2D eigenvalue weighted by atomic mass is 9.81. The molecular formula is C14H23NO3. The van der Waals surface area contributed by atoms with Crippen molar-refractivity contribution in [1.82, 2.24) is 4.90 Å². The van der Waals surface area contributed by atoms with Gasteiger partial charge in [-0.1, -0.05) is 27.2 Å². The number of aliphatic carboxylic acids is 1. The van der Waals surface area contributed by atoms with Gasteiger partial charge >= 0.3 is 5.97 Å². The second-order valence-electron chi connectivity index (χ2n) is 6.51. The Morgan fingerprint density at radius 1 is 1.28 bits per heavy atom. The third-order valence-electron chi connectivity index (χ3n) is 4.79. The number of carbonyl (C=O) groups excluding carboxylic acids is 1. The second-order valence-corrected chi connectivity index (χ2v) is 6.51. The fourth-order valence-corrected chi connectivity index (χ4v) is 3.56. The van der Waals surface area contributed by atoms with E-state index in [0.29, 0.717) is 6.54 Å². The van der Waals surface area contributed by atoms with Crippen LogP contribution in [0.5, 0.6) is 0 Å². The first kappa shape index (κ1) is 13.4. The number of likely N-dealkylation sites (tertiary alicyclic amines) is 1. The summed E-state index contributed by atoms with van der Waals surface area (Å²) in [5.41, 5.74) is 0.0198. The molecule has 1 saturated carbocycles. The van der Waals surface area contributed by atoms with Crippen molar-refractivity contribution >= 4 is 11.9 Å². The van der Waals surface area contributed by atoms with Gasteiger partial charge in [0, 0.05) is 12.5 Å². The molecule has 4 nitrogen and oxygen atoms in total. The maximum Gasteiger partial charge on any atom is 0.326 e. The van der Waals surface area contributed by atoms with Gasteiger partial charge in [0.2, 0.25) is 5.91 Å². The molecule has 2 rings (SSSR count). The normalized spacial score (nSPS) is 34.8. The summed E-state index contributed by atoms with van der Waals surface area (Å²) < 4.78 is 0. The van der Waals surface area contributed by atoms with E-state index in [4.69, 9.17) is 0 Å². The highest BCUT2D eigenvalue weighted by Gasteiger charge is 2.46. The Bertz CT molecular complexity index is 364. The molecule has 2 aliphatic rings. The van der Waals surface area contributed by atoms with Gasteiger partial charge in [0.15, 0.2) is 0 Å². The maximum absolute atomic E-state index is 12.6. The molecule has 102 valence electrons. The molecule has 2 fully saturated rings. The SMILES string of the molecule is CC1CCN(C(=O)C2CCCC2(C)C)C1C(=O)O. The lowest BCUT2D eigenvalue weighted by Crippen LogP contribution is -2.47. The van der Waals surface area contributed by atoms with Crippen molar-refractivity contribution in [2.75, 3.05) is 6.54 Å². The summed E-state index contributed by atoms with van der Waals surface area (Å²) in [4.78, 5) is 25.5. The van der Waals surface area contributed by atoms with Gasteiger partial charge < -0.3 is 10.0 Å². The summed E-state index contributed by atoms with van der Waals surface area (Å²) >= 11 is 0. The van der Waals surface area contributed by atoms with E-state index in [2.05, 4.69) is 13.8 Å². The quantitative estimate of drug-likeness (QED) is 0.820. The number of hydrogen-bond acceptors (Lipinski definition) is 2. The van der Waals surface area contributed by atoms with Gasteiger partial charge in [-0.05, 0) is 30.6 Å². The average molecular weight is 253 g/mol. The predicted octanol–water partition coefficient (Wildman–Crippen LogP) is 2.13. The number of carboxylic acid groups (broad SMARTS) is 1. The summed E-state index contributed by atoms with van der Waals surface area (Å²) in [6.07, 6.45) is 3.84. The summed E-state index contributed by atoms with van der Waals surface area (Å²) in [7, 11) is 0. The van der Waals surface area contributed by atoms with E-state index in [-0.39, 0.29) is 23.2 Å². The van der Waals surface area contributed by atoms with Crippen LogP contribution in [0.2, 0.25) is 0 Å². The predicted molar refractivity (Wildman–Crippen MR) is 68.0 cm³/mol. The Labute approximate surface area is 108 Å². The number of nitrogens with zero attached hydrogens (tertiary/aromatic N) is 1. The third-order valence-corrected chi connectivity index (χ3v) is 4.79. The van der Waals surface area contributed by atoms with Crippen molar-refractivity contribution in [3.63, 3.8) is 0 Å². The Morgan fingerprint density at radius 2 is 1.94 bits per heavy atom. The van der Waals surface area contributed by atoms with Gasteiger partial charge in [-0.3, -0.25) is 4.79 Å². The Kier molecular flexibility index (Phi) is 3.39. The van der Waals surface area contributed by atoms with E-state index in [0.717, 1.165) is 25.7 Å². The number of amides is 1. The zero-order chi connectivity index (χ0) is 13.5. The van der Waals surface area contributed by atoms with Gasteiger partial charge in [0.1, 0.15) is 6.04 Å². The molecule has 0 aromatic carbocycles. The van der Waals surface area contributed by atoms with Crippen LogP contribution in [0.1, 0.15) is 46.5 Å². The zero-order valence-corrected chi connectivity index (χ0v) is 11.5. The molecule has 3 atom stereocenters. The van der Waals surface area contributed by atoms with Gasteiger partial charge in [0.25, 0.3) is 0 Å². The van der Waals surface area contributed by atoms with Crippen LogP contribution in [0, 0.1) is 17.3 Å². The molecule has 1 amide bonds. The van der Waals surface area contributed by atoms with Crippen molar-refractivity contribution in [1.29, 1.82) is 0 Å². The molecule has 0 bridgehead atoms. The molecule has 4 heteroatoms. The van der Waals surface area contributed by atoms with Crippen molar-refractivity contribution in [3.8, 4) is 0 Å². The van der Waals surface area contributed by atoms with Crippen LogP contribution in [0.25, 0.3) is 0 Å². The number of hydrogen-bond donors (Lipinski definition) is 1. The fraction of sp³-hybridized carbons (Fsp3) is 0.857. The van der Waals surface area contributed by atoms with Crippen molar-refractivity contribution < 1.29 is 14.7 Å². The minimum atomic E-state index is -0.857. The molecular weight excluding hydrogens is 230 g/mol. The molecule has 1 aliphatic carbocycles. The van der Waals surface area contributed by atoms with E-state index < -0.39 is 12.0 Å². The van der Waals surface area contributed by atoms with Crippen LogP contribution in [-0.2, 0) is 9.59 Å². The highest BCUT2D eigenvalue weighted by Crippen LogP contribution is 2.44.